The van der Waals surface area contributed by atoms with Gasteiger partial charge in [-0.2, -0.15) is 4.98 Å². The van der Waals surface area contributed by atoms with E-state index in [2.05, 4.69) is 17.2 Å². The van der Waals surface area contributed by atoms with Gasteiger partial charge in [-0.25, -0.2) is 0 Å². The van der Waals surface area contributed by atoms with Crippen molar-refractivity contribution in [1.82, 2.24) is 4.98 Å². The fourth-order valence-electron chi connectivity index (χ4n) is 2.61. The van der Waals surface area contributed by atoms with Crippen LogP contribution in [0, 0.1) is 16.0 Å². The number of nitro benzene ring substituents is 1. The van der Waals surface area contributed by atoms with Crippen LogP contribution in [0.4, 0.5) is 11.7 Å². The van der Waals surface area contributed by atoms with Crippen LogP contribution < -0.4 is 5.32 Å². The van der Waals surface area contributed by atoms with Crippen LogP contribution >= 0.6 is 0 Å². The van der Waals surface area contributed by atoms with E-state index in [4.69, 9.17) is 4.42 Å². The van der Waals surface area contributed by atoms with Crippen molar-refractivity contribution in [3.8, 4) is 0 Å². The average molecular weight is 261 g/mol. The van der Waals surface area contributed by atoms with Crippen LogP contribution in [0.1, 0.15) is 26.2 Å². The van der Waals surface area contributed by atoms with Crippen LogP contribution in [0.5, 0.6) is 0 Å². The lowest BCUT2D eigenvalue weighted by atomic mass is 10.1. The molecule has 1 N–H and O–H groups in total. The zero-order valence-corrected chi connectivity index (χ0v) is 10.6. The largest absolute Gasteiger partial charge is 0.424 e. The second kappa shape index (κ2) is 4.53. The molecule has 19 heavy (non-hydrogen) atoms. The van der Waals surface area contributed by atoms with E-state index in [1.807, 2.05) is 0 Å². The van der Waals surface area contributed by atoms with Gasteiger partial charge in [0, 0.05) is 18.2 Å². The molecule has 1 aromatic heterocycles. The van der Waals surface area contributed by atoms with Crippen molar-refractivity contribution in [2.45, 2.75) is 32.2 Å². The summed E-state index contributed by atoms with van der Waals surface area (Å²) in [4.78, 5) is 14.5. The quantitative estimate of drug-likeness (QED) is 0.677. The van der Waals surface area contributed by atoms with Crippen LogP contribution in [0.2, 0.25) is 0 Å². The summed E-state index contributed by atoms with van der Waals surface area (Å²) in [5.74, 6) is 0.601. The Bertz CT molecular complexity index is 623. The molecule has 1 aliphatic rings. The molecule has 1 saturated carbocycles. The molecule has 3 rings (SSSR count). The number of nitro groups is 1. The van der Waals surface area contributed by atoms with Crippen molar-refractivity contribution in [2.24, 2.45) is 5.92 Å². The summed E-state index contributed by atoms with van der Waals surface area (Å²) in [6.45, 7) is 2.21. The van der Waals surface area contributed by atoms with Gasteiger partial charge in [0.05, 0.1) is 4.92 Å². The molecule has 2 atom stereocenters. The lowest BCUT2D eigenvalue weighted by Gasteiger charge is -2.14. The first-order chi connectivity index (χ1) is 9.13. The second-order valence-corrected chi connectivity index (χ2v) is 5.09. The van der Waals surface area contributed by atoms with Crippen molar-refractivity contribution in [2.75, 3.05) is 5.32 Å². The van der Waals surface area contributed by atoms with Crippen molar-refractivity contribution >= 4 is 22.8 Å². The van der Waals surface area contributed by atoms with Crippen LogP contribution in [0.25, 0.3) is 11.1 Å². The van der Waals surface area contributed by atoms with Crippen LogP contribution in [0.3, 0.4) is 0 Å². The van der Waals surface area contributed by atoms with Gasteiger partial charge in [0.2, 0.25) is 0 Å². The standard InChI is InChI=1S/C13H15N3O3/c1-8-3-2-4-10(8)14-13-15-11-7-9(16(17)18)5-6-12(11)19-13/h5-8,10H,2-4H2,1H3,(H,14,15). The summed E-state index contributed by atoms with van der Waals surface area (Å²) in [6, 6.07) is 5.28. The van der Waals surface area contributed by atoms with Crippen LogP contribution in [-0.2, 0) is 0 Å². The number of nitrogens with zero attached hydrogens (tertiary/aromatic N) is 2. The third kappa shape index (κ3) is 2.25. The predicted octanol–water partition coefficient (Wildman–Crippen LogP) is 3.34. The van der Waals surface area contributed by atoms with Crippen molar-refractivity contribution < 1.29 is 9.34 Å². The van der Waals surface area contributed by atoms with E-state index in [0.717, 1.165) is 6.42 Å². The maximum atomic E-state index is 10.7. The third-order valence-corrected chi connectivity index (χ3v) is 3.75. The topological polar surface area (TPSA) is 81.2 Å². The van der Waals surface area contributed by atoms with Gasteiger partial charge >= 0.3 is 0 Å². The monoisotopic (exact) mass is 261 g/mol. The van der Waals surface area contributed by atoms with Gasteiger partial charge < -0.3 is 9.73 Å². The third-order valence-electron chi connectivity index (χ3n) is 3.75. The van der Waals surface area contributed by atoms with E-state index >= 15 is 0 Å². The lowest BCUT2D eigenvalue weighted by Crippen LogP contribution is -2.21. The van der Waals surface area contributed by atoms with E-state index in [0.29, 0.717) is 29.1 Å². The van der Waals surface area contributed by atoms with Gasteiger partial charge in [0.15, 0.2) is 5.58 Å². The van der Waals surface area contributed by atoms with E-state index in [9.17, 15) is 10.1 Å². The highest BCUT2D eigenvalue weighted by Crippen LogP contribution is 2.29. The van der Waals surface area contributed by atoms with E-state index < -0.39 is 4.92 Å². The van der Waals surface area contributed by atoms with Gasteiger partial charge in [-0.05, 0) is 24.8 Å². The summed E-state index contributed by atoms with van der Waals surface area (Å²) in [7, 11) is 0. The fourth-order valence-corrected chi connectivity index (χ4v) is 2.61. The van der Waals surface area contributed by atoms with Gasteiger partial charge in [-0.3, -0.25) is 10.1 Å². The molecule has 1 heterocycles. The first kappa shape index (κ1) is 12.0. The Kier molecular flexibility index (Phi) is 2.85. The van der Waals surface area contributed by atoms with Crippen molar-refractivity contribution in [1.29, 1.82) is 0 Å². The number of rotatable bonds is 3. The highest BCUT2D eigenvalue weighted by molar-refractivity contribution is 5.77. The molecule has 0 amide bonds. The average Bonchev–Trinajstić information content (AvgIpc) is 2.95. The smallest absolute Gasteiger partial charge is 0.295 e. The Morgan fingerprint density at radius 1 is 1.47 bits per heavy atom. The minimum Gasteiger partial charge on any atom is -0.424 e. The first-order valence-electron chi connectivity index (χ1n) is 6.45. The summed E-state index contributed by atoms with van der Waals surface area (Å²) in [6.07, 6.45) is 3.54. The van der Waals surface area contributed by atoms with E-state index in [-0.39, 0.29) is 5.69 Å². The van der Waals surface area contributed by atoms with Crippen LogP contribution in [0.15, 0.2) is 22.6 Å². The molecule has 6 heteroatoms. The van der Waals surface area contributed by atoms with E-state index in [1.165, 1.54) is 25.0 Å². The Balaban J connectivity index is 1.87. The molecule has 1 aliphatic carbocycles. The molecule has 1 aromatic carbocycles. The number of nitrogens with one attached hydrogen (secondary N) is 1. The van der Waals surface area contributed by atoms with Crippen molar-refractivity contribution in [3.05, 3.63) is 28.3 Å². The number of non-ortho nitro benzene ring substituents is 1. The number of benzene rings is 1. The number of aromatic nitrogens is 1. The Morgan fingerprint density at radius 3 is 3.00 bits per heavy atom. The first-order valence-corrected chi connectivity index (χ1v) is 6.45. The van der Waals surface area contributed by atoms with E-state index in [1.54, 1.807) is 6.07 Å². The highest BCUT2D eigenvalue weighted by atomic mass is 16.6. The molecular formula is C13H15N3O3. The number of hydrogen-bond donors (Lipinski definition) is 1. The van der Waals surface area contributed by atoms with Gasteiger partial charge in [-0.1, -0.05) is 13.3 Å². The number of hydrogen-bond acceptors (Lipinski definition) is 5. The van der Waals surface area contributed by atoms with Gasteiger partial charge in [0.1, 0.15) is 5.52 Å². The normalized spacial score (nSPS) is 22.8. The molecule has 100 valence electrons. The Morgan fingerprint density at radius 2 is 2.32 bits per heavy atom. The SMILES string of the molecule is CC1CCCC1Nc1nc2cc([N+](=O)[O-])ccc2o1. The van der Waals surface area contributed by atoms with Gasteiger partial charge in [0.25, 0.3) is 11.7 Å². The summed E-state index contributed by atoms with van der Waals surface area (Å²) >= 11 is 0. The molecule has 2 aromatic rings. The molecule has 2 unspecified atom stereocenters. The number of oxazole rings is 1. The summed E-state index contributed by atoms with van der Waals surface area (Å²) in [5, 5.41) is 14.0. The molecule has 0 radical (unpaired) electrons. The zero-order valence-electron chi connectivity index (χ0n) is 10.6. The molecule has 0 bridgehead atoms. The molecule has 0 spiro atoms. The minimum atomic E-state index is -0.430. The molecule has 1 fully saturated rings. The summed E-state index contributed by atoms with van der Waals surface area (Å²) in [5.41, 5.74) is 1.11. The summed E-state index contributed by atoms with van der Waals surface area (Å²) < 4.78 is 5.57. The maximum Gasteiger partial charge on any atom is 0.295 e. The number of fused-ring (bicyclic) bond motifs is 1. The highest BCUT2D eigenvalue weighted by Gasteiger charge is 2.24. The van der Waals surface area contributed by atoms with Gasteiger partial charge in [-0.15, -0.1) is 0 Å². The van der Waals surface area contributed by atoms with Crippen molar-refractivity contribution in [3.63, 3.8) is 0 Å². The predicted molar refractivity (Wildman–Crippen MR) is 71.1 cm³/mol. The maximum absolute atomic E-state index is 10.7. The van der Waals surface area contributed by atoms with Crippen LogP contribution in [-0.4, -0.2) is 15.9 Å². The molecule has 0 aliphatic heterocycles. The second-order valence-electron chi connectivity index (χ2n) is 5.09. The Labute approximate surface area is 110 Å². The zero-order chi connectivity index (χ0) is 13.4. The Hall–Kier alpha value is -2.11. The lowest BCUT2D eigenvalue weighted by molar-refractivity contribution is -0.384. The fraction of sp³-hybridized carbons (Fsp3) is 0.462. The molecular weight excluding hydrogens is 246 g/mol. The minimum absolute atomic E-state index is 0.0292. The molecule has 6 nitrogen and oxygen atoms in total. The number of anilines is 1. The molecule has 0 saturated heterocycles.